The van der Waals surface area contributed by atoms with Crippen LogP contribution in [0.4, 0.5) is 11.6 Å². The van der Waals surface area contributed by atoms with Gasteiger partial charge in [0.05, 0.1) is 40.3 Å². The van der Waals surface area contributed by atoms with Crippen LogP contribution in [0, 0.1) is 13.8 Å². The van der Waals surface area contributed by atoms with E-state index in [-0.39, 0.29) is 5.91 Å². The van der Waals surface area contributed by atoms with Gasteiger partial charge in [0.1, 0.15) is 0 Å². The molecular formula is C32H35BrN4O3. The van der Waals surface area contributed by atoms with Gasteiger partial charge in [0.15, 0.2) is 11.5 Å². The summed E-state index contributed by atoms with van der Waals surface area (Å²) in [5.74, 6) is 1.81. The van der Waals surface area contributed by atoms with Crippen molar-refractivity contribution in [1.82, 2.24) is 9.55 Å². The van der Waals surface area contributed by atoms with Crippen LogP contribution < -0.4 is 20.1 Å². The average molecular weight is 604 g/mol. The number of nitrogens with zero attached hydrogens (tertiary/aromatic N) is 2. The third-order valence-electron chi connectivity index (χ3n) is 7.13. The predicted molar refractivity (Wildman–Crippen MR) is 165 cm³/mol. The first-order valence-electron chi connectivity index (χ1n) is 13.7. The standard InChI is InChI=1S/C32H35BrN4O3/c1-6-8-15-40-30-23(33)17-22(18-27(30)39-7-2)29-28(31(38)34-24-14-13-19(3)16-20(24)4)21(5)37-26-12-10-9-11-25(26)35-32(37)36-29/h9-14,16-18,29H,6-8,15H2,1-5H3,(H,34,38)(H,35,36). The van der Waals surface area contributed by atoms with Crippen molar-refractivity contribution in [2.75, 3.05) is 23.8 Å². The van der Waals surface area contributed by atoms with Gasteiger partial charge >= 0.3 is 0 Å². The van der Waals surface area contributed by atoms with Crippen molar-refractivity contribution in [3.05, 3.63) is 81.3 Å². The predicted octanol–water partition coefficient (Wildman–Crippen LogP) is 8.03. The fourth-order valence-electron chi connectivity index (χ4n) is 5.16. The molecule has 208 valence electrons. The summed E-state index contributed by atoms with van der Waals surface area (Å²) in [5.41, 5.74) is 7.01. The second kappa shape index (κ2) is 11.8. The van der Waals surface area contributed by atoms with Crippen molar-refractivity contribution in [3.8, 4) is 11.5 Å². The van der Waals surface area contributed by atoms with Crippen LogP contribution in [0.1, 0.15) is 56.3 Å². The highest BCUT2D eigenvalue weighted by Crippen LogP contribution is 2.44. The Morgan fingerprint density at radius 1 is 1.07 bits per heavy atom. The zero-order chi connectivity index (χ0) is 28.4. The molecule has 0 saturated carbocycles. The number of aromatic nitrogens is 2. The van der Waals surface area contributed by atoms with Crippen molar-refractivity contribution in [2.45, 2.75) is 53.5 Å². The number of unbranched alkanes of at least 4 members (excludes halogenated alkanes) is 1. The molecule has 2 heterocycles. The van der Waals surface area contributed by atoms with Crippen LogP contribution in [0.15, 0.2) is 64.6 Å². The first kappa shape index (κ1) is 27.8. The number of rotatable bonds is 9. The lowest BCUT2D eigenvalue weighted by Crippen LogP contribution is -2.30. The minimum absolute atomic E-state index is 0.178. The number of hydrogen-bond acceptors (Lipinski definition) is 5. The van der Waals surface area contributed by atoms with E-state index in [1.54, 1.807) is 0 Å². The second-order valence-electron chi connectivity index (χ2n) is 10.1. The van der Waals surface area contributed by atoms with E-state index < -0.39 is 6.04 Å². The molecule has 7 nitrogen and oxygen atoms in total. The van der Waals surface area contributed by atoms with Crippen molar-refractivity contribution in [2.24, 2.45) is 0 Å². The monoisotopic (exact) mass is 602 g/mol. The Morgan fingerprint density at radius 3 is 2.62 bits per heavy atom. The number of imidazole rings is 1. The van der Waals surface area contributed by atoms with E-state index >= 15 is 0 Å². The number of carbonyl (C=O) groups excluding carboxylic acids is 1. The summed E-state index contributed by atoms with van der Waals surface area (Å²) in [5, 5.41) is 6.73. The second-order valence-corrected chi connectivity index (χ2v) is 10.9. The number of nitrogens with one attached hydrogen (secondary N) is 2. The Kier molecular flexibility index (Phi) is 8.17. The quantitative estimate of drug-likeness (QED) is 0.190. The van der Waals surface area contributed by atoms with Gasteiger partial charge in [-0.15, -0.1) is 0 Å². The van der Waals surface area contributed by atoms with Crippen LogP contribution in [-0.2, 0) is 4.79 Å². The van der Waals surface area contributed by atoms with Crippen LogP contribution in [0.3, 0.4) is 0 Å². The molecule has 2 N–H and O–H groups in total. The molecule has 1 aromatic heterocycles. The minimum atomic E-state index is -0.477. The summed E-state index contributed by atoms with van der Waals surface area (Å²) in [6.45, 7) is 11.2. The molecule has 1 aliphatic rings. The van der Waals surface area contributed by atoms with Gasteiger partial charge < -0.3 is 20.1 Å². The maximum absolute atomic E-state index is 14.1. The largest absolute Gasteiger partial charge is 0.490 e. The third-order valence-corrected chi connectivity index (χ3v) is 7.72. The number of halogens is 1. The van der Waals surface area contributed by atoms with Gasteiger partial charge in [-0.25, -0.2) is 4.98 Å². The van der Waals surface area contributed by atoms with Crippen LogP contribution in [-0.4, -0.2) is 28.7 Å². The summed E-state index contributed by atoms with van der Waals surface area (Å²) in [6, 6.07) is 17.4. The summed E-state index contributed by atoms with van der Waals surface area (Å²) >= 11 is 3.72. The first-order valence-corrected chi connectivity index (χ1v) is 14.5. The number of para-hydroxylation sites is 2. The molecule has 1 aliphatic heterocycles. The van der Waals surface area contributed by atoms with E-state index in [2.05, 4.69) is 39.6 Å². The molecule has 3 aromatic carbocycles. The number of fused-ring (bicyclic) bond motifs is 3. The molecular weight excluding hydrogens is 568 g/mol. The molecule has 40 heavy (non-hydrogen) atoms. The Hall–Kier alpha value is -3.78. The van der Waals surface area contributed by atoms with Crippen molar-refractivity contribution in [3.63, 3.8) is 0 Å². The van der Waals surface area contributed by atoms with Gasteiger partial charge in [0.2, 0.25) is 5.95 Å². The lowest BCUT2D eigenvalue weighted by molar-refractivity contribution is -0.113. The molecule has 1 unspecified atom stereocenters. The molecule has 0 radical (unpaired) electrons. The highest BCUT2D eigenvalue weighted by Gasteiger charge is 2.34. The lowest BCUT2D eigenvalue weighted by atomic mass is 9.94. The highest BCUT2D eigenvalue weighted by molar-refractivity contribution is 9.10. The number of benzene rings is 3. The van der Waals surface area contributed by atoms with Gasteiger partial charge in [-0.2, -0.15) is 0 Å². The van der Waals surface area contributed by atoms with Crippen LogP contribution >= 0.6 is 15.9 Å². The Balaban J connectivity index is 1.63. The van der Waals surface area contributed by atoms with E-state index in [1.807, 2.05) is 80.8 Å². The van der Waals surface area contributed by atoms with E-state index in [9.17, 15) is 4.79 Å². The summed E-state index contributed by atoms with van der Waals surface area (Å²) in [6.07, 6.45) is 1.99. The van der Waals surface area contributed by atoms with Crippen molar-refractivity contribution >= 4 is 50.2 Å². The number of carbonyl (C=O) groups is 1. The fourth-order valence-corrected chi connectivity index (χ4v) is 5.73. The van der Waals surface area contributed by atoms with Gasteiger partial charge in [-0.3, -0.25) is 9.36 Å². The molecule has 0 spiro atoms. The fraction of sp³-hybridized carbons (Fsp3) is 0.312. The Labute approximate surface area is 243 Å². The van der Waals surface area contributed by atoms with Gasteiger partial charge in [-0.1, -0.05) is 43.2 Å². The normalized spacial score (nSPS) is 14.6. The first-order chi connectivity index (χ1) is 19.3. The smallest absolute Gasteiger partial charge is 0.255 e. The molecule has 1 atom stereocenters. The van der Waals surface area contributed by atoms with E-state index in [0.717, 1.165) is 56.4 Å². The number of amides is 1. The summed E-state index contributed by atoms with van der Waals surface area (Å²) < 4.78 is 14.9. The third kappa shape index (κ3) is 5.32. The molecule has 0 aliphatic carbocycles. The topological polar surface area (TPSA) is 77.4 Å². The van der Waals surface area contributed by atoms with Gasteiger partial charge in [0, 0.05) is 11.4 Å². The van der Waals surface area contributed by atoms with Gasteiger partial charge in [0.25, 0.3) is 5.91 Å². The molecule has 5 rings (SSSR count). The van der Waals surface area contributed by atoms with Crippen LogP contribution in [0.5, 0.6) is 11.5 Å². The number of hydrogen-bond donors (Lipinski definition) is 2. The zero-order valence-electron chi connectivity index (χ0n) is 23.6. The molecule has 0 saturated heterocycles. The number of ether oxygens (including phenoxy) is 2. The number of allylic oxidation sites excluding steroid dienone is 1. The molecule has 4 aromatic rings. The van der Waals surface area contributed by atoms with E-state index in [4.69, 9.17) is 14.5 Å². The summed E-state index contributed by atoms with van der Waals surface area (Å²) in [4.78, 5) is 18.9. The maximum atomic E-state index is 14.1. The van der Waals surface area contributed by atoms with Crippen LogP contribution in [0.2, 0.25) is 0 Å². The van der Waals surface area contributed by atoms with Crippen LogP contribution in [0.25, 0.3) is 16.7 Å². The lowest BCUT2D eigenvalue weighted by Gasteiger charge is -2.30. The Morgan fingerprint density at radius 2 is 1.88 bits per heavy atom. The Bertz CT molecular complexity index is 1610. The minimum Gasteiger partial charge on any atom is -0.490 e. The maximum Gasteiger partial charge on any atom is 0.255 e. The van der Waals surface area contributed by atoms with Crippen molar-refractivity contribution < 1.29 is 14.3 Å². The molecule has 0 bridgehead atoms. The van der Waals surface area contributed by atoms with E-state index in [1.165, 1.54) is 0 Å². The molecule has 1 amide bonds. The van der Waals surface area contributed by atoms with E-state index in [0.29, 0.717) is 36.2 Å². The highest BCUT2D eigenvalue weighted by atomic mass is 79.9. The molecule has 0 fully saturated rings. The number of aryl methyl sites for hydroxylation is 2. The number of anilines is 2. The van der Waals surface area contributed by atoms with Gasteiger partial charge in [-0.05, 0) is 91.5 Å². The zero-order valence-corrected chi connectivity index (χ0v) is 25.2. The van der Waals surface area contributed by atoms with Crippen molar-refractivity contribution in [1.29, 1.82) is 0 Å². The molecule has 8 heteroatoms. The SMILES string of the molecule is CCCCOc1c(Br)cc(C2Nc3nc4ccccc4n3C(C)=C2C(=O)Nc2ccc(C)cc2C)cc1OCC. The average Bonchev–Trinajstić information content (AvgIpc) is 3.30. The summed E-state index contributed by atoms with van der Waals surface area (Å²) in [7, 11) is 0.